The maximum absolute atomic E-state index is 12.5. The number of hydrogen-bond acceptors (Lipinski definition) is 4. The number of aromatic amines is 1. The molecule has 6 nitrogen and oxygen atoms in total. The van der Waals surface area contributed by atoms with Crippen LogP contribution in [0.3, 0.4) is 0 Å². The van der Waals surface area contributed by atoms with Crippen LogP contribution in [0.15, 0.2) is 41.2 Å². The highest BCUT2D eigenvalue weighted by Gasteiger charge is 2.16. The number of hydrogen-bond donors (Lipinski definition) is 2. The molecular formula is C20H18N2O4. The van der Waals surface area contributed by atoms with E-state index in [4.69, 9.17) is 9.47 Å². The molecule has 4 rings (SSSR count). The van der Waals surface area contributed by atoms with Crippen LogP contribution < -0.4 is 20.3 Å². The summed E-state index contributed by atoms with van der Waals surface area (Å²) in [5, 5.41) is 3.83. The van der Waals surface area contributed by atoms with Crippen molar-refractivity contribution in [3.05, 3.63) is 63.4 Å². The van der Waals surface area contributed by atoms with E-state index >= 15 is 0 Å². The lowest BCUT2D eigenvalue weighted by Crippen LogP contribution is -2.15. The summed E-state index contributed by atoms with van der Waals surface area (Å²) in [6, 6.07) is 10.6. The van der Waals surface area contributed by atoms with Gasteiger partial charge in [0.25, 0.3) is 11.5 Å². The van der Waals surface area contributed by atoms with Gasteiger partial charge in [0.1, 0.15) is 0 Å². The third-order valence-electron chi connectivity index (χ3n) is 4.64. The van der Waals surface area contributed by atoms with Crippen LogP contribution >= 0.6 is 0 Å². The van der Waals surface area contributed by atoms with Crippen LogP contribution in [0.5, 0.6) is 11.5 Å². The lowest BCUT2D eigenvalue weighted by atomic mass is 10.0. The van der Waals surface area contributed by atoms with Crippen LogP contribution in [0.4, 0.5) is 5.69 Å². The second kappa shape index (κ2) is 6.22. The van der Waals surface area contributed by atoms with Gasteiger partial charge in [-0.05, 0) is 49.2 Å². The Kier molecular flexibility index (Phi) is 3.88. The summed E-state index contributed by atoms with van der Waals surface area (Å²) in [6.45, 7) is 4.07. The van der Waals surface area contributed by atoms with Crippen molar-refractivity contribution in [2.24, 2.45) is 0 Å². The largest absolute Gasteiger partial charge is 0.454 e. The highest BCUT2D eigenvalue weighted by atomic mass is 16.7. The fraction of sp³-hybridized carbons (Fsp3) is 0.200. The van der Waals surface area contributed by atoms with Crippen LogP contribution in [-0.4, -0.2) is 17.7 Å². The topological polar surface area (TPSA) is 80.4 Å². The molecule has 0 atom stereocenters. The van der Waals surface area contributed by atoms with Crippen molar-refractivity contribution in [3.63, 3.8) is 0 Å². The number of anilines is 1. The maximum atomic E-state index is 12.5. The van der Waals surface area contributed by atoms with Gasteiger partial charge >= 0.3 is 0 Å². The normalized spacial score (nSPS) is 12.4. The quantitative estimate of drug-likeness (QED) is 0.759. The zero-order valence-corrected chi connectivity index (χ0v) is 14.5. The first kappa shape index (κ1) is 16.2. The van der Waals surface area contributed by atoms with E-state index in [9.17, 15) is 9.59 Å². The summed E-state index contributed by atoms with van der Waals surface area (Å²) >= 11 is 0. The highest BCUT2D eigenvalue weighted by Crippen LogP contribution is 2.32. The van der Waals surface area contributed by atoms with Crippen molar-refractivity contribution in [2.75, 3.05) is 12.1 Å². The van der Waals surface area contributed by atoms with Gasteiger partial charge in [0, 0.05) is 22.2 Å². The van der Waals surface area contributed by atoms with Crippen molar-refractivity contribution in [1.82, 2.24) is 4.98 Å². The smallest absolute Gasteiger partial charge is 0.255 e. The molecule has 0 spiro atoms. The van der Waals surface area contributed by atoms with Gasteiger partial charge in [-0.25, -0.2) is 0 Å². The van der Waals surface area contributed by atoms with E-state index in [2.05, 4.69) is 10.3 Å². The molecule has 1 aromatic heterocycles. The number of nitrogens with one attached hydrogen (secondary N) is 2. The number of carbonyl (C=O) groups excluding carboxylic acids is 1. The Balaban J connectivity index is 1.65. The van der Waals surface area contributed by atoms with Crippen molar-refractivity contribution in [1.29, 1.82) is 0 Å². The van der Waals surface area contributed by atoms with Crippen molar-refractivity contribution in [3.8, 4) is 11.5 Å². The minimum Gasteiger partial charge on any atom is -0.454 e. The summed E-state index contributed by atoms with van der Waals surface area (Å²) in [6.07, 6.45) is 0.680. The van der Waals surface area contributed by atoms with Crippen molar-refractivity contribution < 1.29 is 14.3 Å². The van der Waals surface area contributed by atoms with Gasteiger partial charge in [0.05, 0.1) is 5.52 Å². The molecule has 2 heterocycles. The van der Waals surface area contributed by atoms with Gasteiger partial charge in [-0.3, -0.25) is 9.59 Å². The molecule has 1 aliphatic heterocycles. The molecule has 2 aromatic carbocycles. The van der Waals surface area contributed by atoms with Crippen molar-refractivity contribution >= 4 is 22.5 Å². The molecule has 0 fully saturated rings. The second-order valence-corrected chi connectivity index (χ2v) is 6.19. The molecule has 0 bridgehead atoms. The number of pyridine rings is 1. The number of fused-ring (bicyclic) bond motifs is 2. The number of benzene rings is 2. The first-order valence-electron chi connectivity index (χ1n) is 8.43. The van der Waals surface area contributed by atoms with Crippen LogP contribution in [0.1, 0.15) is 28.4 Å². The number of rotatable bonds is 3. The van der Waals surface area contributed by atoms with E-state index < -0.39 is 0 Å². The van der Waals surface area contributed by atoms with E-state index in [0.29, 0.717) is 34.7 Å². The average Bonchev–Trinajstić information content (AvgIpc) is 3.09. The maximum Gasteiger partial charge on any atom is 0.255 e. The monoisotopic (exact) mass is 350 g/mol. The summed E-state index contributed by atoms with van der Waals surface area (Å²) in [5.41, 5.74) is 3.46. The third kappa shape index (κ3) is 2.69. The molecule has 2 N–H and O–H groups in total. The molecule has 1 amide bonds. The molecule has 6 heteroatoms. The van der Waals surface area contributed by atoms with Crippen LogP contribution in [0.25, 0.3) is 10.9 Å². The van der Waals surface area contributed by atoms with Crippen molar-refractivity contribution in [2.45, 2.75) is 20.3 Å². The molecule has 0 unspecified atom stereocenters. The lowest BCUT2D eigenvalue weighted by molar-refractivity contribution is 0.102. The Hall–Kier alpha value is -3.28. The Morgan fingerprint density at radius 3 is 2.77 bits per heavy atom. The molecule has 0 radical (unpaired) electrons. The number of H-pyrrole nitrogens is 1. The van der Waals surface area contributed by atoms with Crippen LogP contribution in [-0.2, 0) is 6.42 Å². The fourth-order valence-corrected chi connectivity index (χ4v) is 3.25. The predicted octanol–water partition coefficient (Wildman–Crippen LogP) is 3.38. The molecule has 0 saturated heterocycles. The fourth-order valence-electron chi connectivity index (χ4n) is 3.25. The summed E-state index contributed by atoms with van der Waals surface area (Å²) in [4.78, 5) is 27.6. The van der Waals surface area contributed by atoms with Gasteiger partial charge in [0.15, 0.2) is 11.5 Å². The Morgan fingerprint density at radius 2 is 1.96 bits per heavy atom. The first-order chi connectivity index (χ1) is 12.6. The minimum absolute atomic E-state index is 0.0863. The van der Waals surface area contributed by atoms with Crippen LogP contribution in [0.2, 0.25) is 0 Å². The number of ether oxygens (including phenoxy) is 2. The first-order valence-corrected chi connectivity index (χ1v) is 8.43. The van der Waals surface area contributed by atoms with E-state index in [1.165, 1.54) is 0 Å². The molecule has 1 aliphatic rings. The summed E-state index contributed by atoms with van der Waals surface area (Å²) in [7, 11) is 0. The zero-order valence-electron chi connectivity index (χ0n) is 14.5. The second-order valence-electron chi connectivity index (χ2n) is 6.19. The van der Waals surface area contributed by atoms with E-state index in [1.54, 1.807) is 24.3 Å². The van der Waals surface area contributed by atoms with Gasteiger partial charge in [0.2, 0.25) is 6.79 Å². The van der Waals surface area contributed by atoms with Gasteiger partial charge in [-0.1, -0.05) is 13.0 Å². The standard InChI is InChI=1S/C20H18N2O4/c1-3-14-11(2)15-6-5-13(9-16(15)22-20(14)24)21-19(23)12-4-7-17-18(8-12)26-10-25-17/h4-9H,3,10H2,1-2H3,(H,21,23)(H,22,24). The summed E-state index contributed by atoms with van der Waals surface area (Å²) in [5.74, 6) is 0.933. The van der Waals surface area contributed by atoms with E-state index in [1.807, 2.05) is 26.0 Å². The highest BCUT2D eigenvalue weighted by molar-refractivity contribution is 6.05. The van der Waals surface area contributed by atoms with Gasteiger partial charge in [-0.15, -0.1) is 0 Å². The molecule has 0 aliphatic carbocycles. The third-order valence-corrected chi connectivity index (χ3v) is 4.64. The predicted molar refractivity (Wildman–Crippen MR) is 99.2 cm³/mol. The van der Waals surface area contributed by atoms with Gasteiger partial charge < -0.3 is 19.8 Å². The Bertz CT molecular complexity index is 1090. The number of carbonyl (C=O) groups is 1. The average molecular weight is 350 g/mol. The summed E-state index contributed by atoms with van der Waals surface area (Å²) < 4.78 is 10.6. The zero-order chi connectivity index (χ0) is 18.3. The van der Waals surface area contributed by atoms with E-state index in [0.717, 1.165) is 16.5 Å². The van der Waals surface area contributed by atoms with Gasteiger partial charge in [-0.2, -0.15) is 0 Å². The molecular weight excluding hydrogens is 332 g/mol. The molecule has 0 saturated carbocycles. The minimum atomic E-state index is -0.258. The molecule has 132 valence electrons. The lowest BCUT2D eigenvalue weighted by Gasteiger charge is -2.10. The SMILES string of the molecule is CCc1c(C)c2ccc(NC(=O)c3ccc4c(c3)OCO4)cc2[nH]c1=O. The number of aromatic nitrogens is 1. The van der Waals surface area contributed by atoms with E-state index in [-0.39, 0.29) is 18.3 Å². The Morgan fingerprint density at radius 1 is 1.15 bits per heavy atom. The molecule has 3 aromatic rings. The molecule has 26 heavy (non-hydrogen) atoms. The Labute approximate surface area is 149 Å². The van der Waals surface area contributed by atoms with Crippen LogP contribution in [0, 0.1) is 6.92 Å². The number of aryl methyl sites for hydroxylation is 1. The number of amides is 1.